The first-order chi connectivity index (χ1) is 13.2. The molecule has 0 saturated carbocycles. The molecule has 0 spiro atoms. The van der Waals surface area contributed by atoms with Crippen molar-refractivity contribution in [3.63, 3.8) is 0 Å². The van der Waals surface area contributed by atoms with Crippen molar-refractivity contribution in [1.29, 1.82) is 0 Å². The summed E-state index contributed by atoms with van der Waals surface area (Å²) in [6.07, 6.45) is 0.999. The standard InChI is InChI=1S/C22H30N4O/c1-3-18-7-5-9-20(15-18)25-22(23)24-16-21(26-10-12-27-13-11-26)19-8-4-6-17(2)14-19/h4-9,14-15,21H,3,10-13,16H2,1-2H3,(H3,23,24,25). The third-order valence-electron chi connectivity index (χ3n) is 4.96. The van der Waals surface area contributed by atoms with Gasteiger partial charge in [-0.25, -0.2) is 0 Å². The minimum Gasteiger partial charge on any atom is -0.379 e. The highest BCUT2D eigenvalue weighted by Crippen LogP contribution is 2.23. The number of nitrogens with two attached hydrogens (primary N) is 1. The van der Waals surface area contributed by atoms with Crippen molar-refractivity contribution in [1.82, 2.24) is 4.90 Å². The Hall–Kier alpha value is -2.37. The van der Waals surface area contributed by atoms with E-state index < -0.39 is 0 Å². The molecule has 1 aliphatic heterocycles. The molecule has 1 fully saturated rings. The van der Waals surface area contributed by atoms with Crippen molar-refractivity contribution in [2.45, 2.75) is 26.3 Å². The second-order valence-corrected chi connectivity index (χ2v) is 6.98. The molecule has 1 heterocycles. The maximum atomic E-state index is 6.18. The molecule has 2 aromatic rings. The van der Waals surface area contributed by atoms with Gasteiger partial charge in [-0.15, -0.1) is 0 Å². The third kappa shape index (κ3) is 5.55. The lowest BCUT2D eigenvalue weighted by atomic mass is 10.0. The molecule has 2 aromatic carbocycles. The quantitative estimate of drug-likeness (QED) is 0.608. The van der Waals surface area contributed by atoms with Gasteiger partial charge in [-0.1, -0.05) is 48.9 Å². The van der Waals surface area contributed by atoms with Crippen molar-refractivity contribution in [3.05, 3.63) is 65.2 Å². The lowest BCUT2D eigenvalue weighted by molar-refractivity contribution is 0.0180. The van der Waals surface area contributed by atoms with Gasteiger partial charge in [0.05, 0.1) is 25.8 Å². The summed E-state index contributed by atoms with van der Waals surface area (Å²) in [6.45, 7) is 8.26. The highest BCUT2D eigenvalue weighted by molar-refractivity contribution is 5.92. The number of aliphatic imine (C=N–C) groups is 1. The molecule has 0 aromatic heterocycles. The van der Waals surface area contributed by atoms with Crippen LogP contribution in [-0.4, -0.2) is 43.7 Å². The number of morpholine rings is 1. The first-order valence-electron chi connectivity index (χ1n) is 9.70. The molecule has 3 N–H and O–H groups in total. The van der Waals surface area contributed by atoms with Gasteiger partial charge in [0.25, 0.3) is 0 Å². The second-order valence-electron chi connectivity index (χ2n) is 6.98. The van der Waals surface area contributed by atoms with Crippen molar-refractivity contribution >= 4 is 11.6 Å². The number of anilines is 1. The molecule has 27 heavy (non-hydrogen) atoms. The monoisotopic (exact) mass is 366 g/mol. The van der Waals surface area contributed by atoms with E-state index in [1.165, 1.54) is 16.7 Å². The first kappa shape index (κ1) is 19.4. The molecule has 1 saturated heterocycles. The molecular formula is C22H30N4O. The summed E-state index contributed by atoms with van der Waals surface area (Å²) in [5, 5.41) is 3.22. The zero-order valence-corrected chi connectivity index (χ0v) is 16.3. The van der Waals surface area contributed by atoms with E-state index in [2.05, 4.69) is 65.5 Å². The van der Waals surface area contributed by atoms with Crippen LogP contribution in [0.4, 0.5) is 5.69 Å². The molecule has 0 aliphatic carbocycles. The summed E-state index contributed by atoms with van der Waals surface area (Å²) in [7, 11) is 0. The van der Waals surface area contributed by atoms with Crippen LogP contribution in [0.2, 0.25) is 0 Å². The Morgan fingerprint density at radius 1 is 1.19 bits per heavy atom. The van der Waals surface area contributed by atoms with Gasteiger partial charge in [0, 0.05) is 18.8 Å². The smallest absolute Gasteiger partial charge is 0.193 e. The Morgan fingerprint density at radius 2 is 1.96 bits per heavy atom. The number of rotatable bonds is 6. The maximum absolute atomic E-state index is 6.18. The van der Waals surface area contributed by atoms with Crippen LogP contribution in [0.25, 0.3) is 0 Å². The molecule has 144 valence electrons. The predicted molar refractivity (Wildman–Crippen MR) is 112 cm³/mol. The van der Waals surface area contributed by atoms with Crippen LogP contribution in [0.15, 0.2) is 53.5 Å². The summed E-state index contributed by atoms with van der Waals surface area (Å²) in [6, 6.07) is 17.1. The highest BCUT2D eigenvalue weighted by Gasteiger charge is 2.22. The first-order valence-corrected chi connectivity index (χ1v) is 9.70. The summed E-state index contributed by atoms with van der Waals surface area (Å²) in [4.78, 5) is 7.09. The van der Waals surface area contributed by atoms with Gasteiger partial charge in [0.1, 0.15) is 0 Å². The maximum Gasteiger partial charge on any atom is 0.193 e. The molecule has 5 nitrogen and oxygen atoms in total. The lowest BCUT2D eigenvalue weighted by Crippen LogP contribution is -2.40. The Morgan fingerprint density at radius 3 is 2.70 bits per heavy atom. The molecule has 0 radical (unpaired) electrons. The molecule has 3 rings (SSSR count). The zero-order valence-electron chi connectivity index (χ0n) is 16.3. The molecule has 0 bridgehead atoms. The number of hydrogen-bond acceptors (Lipinski definition) is 3. The van der Waals surface area contributed by atoms with Crippen LogP contribution in [0, 0.1) is 6.92 Å². The summed E-state index contributed by atoms with van der Waals surface area (Å²) >= 11 is 0. The third-order valence-corrected chi connectivity index (χ3v) is 4.96. The van der Waals surface area contributed by atoms with Crippen LogP contribution in [0.1, 0.15) is 29.7 Å². The molecule has 0 amide bonds. The van der Waals surface area contributed by atoms with Crippen LogP contribution in [0.5, 0.6) is 0 Å². The van der Waals surface area contributed by atoms with Gasteiger partial charge in [0.2, 0.25) is 0 Å². The molecular weight excluding hydrogens is 336 g/mol. The Kier molecular flexibility index (Phi) is 6.85. The minimum atomic E-state index is 0.205. The fourth-order valence-electron chi connectivity index (χ4n) is 3.44. The van der Waals surface area contributed by atoms with Crippen molar-refractivity contribution in [2.24, 2.45) is 10.7 Å². The van der Waals surface area contributed by atoms with Crippen molar-refractivity contribution in [3.8, 4) is 0 Å². The van der Waals surface area contributed by atoms with E-state index >= 15 is 0 Å². The van der Waals surface area contributed by atoms with Gasteiger partial charge < -0.3 is 15.8 Å². The molecule has 1 aliphatic rings. The summed E-state index contributed by atoms with van der Waals surface area (Å²) in [5.41, 5.74) is 11.0. The van der Waals surface area contributed by atoms with E-state index in [-0.39, 0.29) is 6.04 Å². The van der Waals surface area contributed by atoms with E-state index in [9.17, 15) is 0 Å². The second kappa shape index (κ2) is 9.53. The number of nitrogens with one attached hydrogen (secondary N) is 1. The van der Waals surface area contributed by atoms with Crippen LogP contribution < -0.4 is 11.1 Å². The average Bonchev–Trinajstić information content (AvgIpc) is 2.69. The van der Waals surface area contributed by atoms with Crippen LogP contribution in [-0.2, 0) is 11.2 Å². The number of ether oxygens (including phenoxy) is 1. The zero-order chi connectivity index (χ0) is 19.1. The summed E-state index contributed by atoms with van der Waals surface area (Å²) in [5.74, 6) is 0.453. The number of aryl methyl sites for hydroxylation is 2. The Labute approximate surface area is 162 Å². The van der Waals surface area contributed by atoms with Crippen LogP contribution >= 0.6 is 0 Å². The average molecular weight is 367 g/mol. The number of benzene rings is 2. The Balaban J connectivity index is 1.73. The van der Waals surface area contributed by atoms with Gasteiger partial charge in [-0.05, 0) is 36.6 Å². The molecule has 5 heteroatoms. The van der Waals surface area contributed by atoms with Gasteiger partial charge in [-0.3, -0.25) is 9.89 Å². The predicted octanol–water partition coefficient (Wildman–Crippen LogP) is 3.36. The molecule has 1 atom stereocenters. The number of nitrogens with zero attached hydrogens (tertiary/aromatic N) is 2. The van der Waals surface area contributed by atoms with E-state index in [0.717, 1.165) is 38.4 Å². The van der Waals surface area contributed by atoms with E-state index in [1.54, 1.807) is 0 Å². The normalized spacial score (nSPS) is 16.9. The largest absolute Gasteiger partial charge is 0.379 e. The topological polar surface area (TPSA) is 62.9 Å². The Bertz CT molecular complexity index is 768. The van der Waals surface area contributed by atoms with E-state index in [0.29, 0.717) is 12.5 Å². The minimum absolute atomic E-state index is 0.205. The lowest BCUT2D eigenvalue weighted by Gasteiger charge is -2.34. The van der Waals surface area contributed by atoms with Gasteiger partial charge >= 0.3 is 0 Å². The number of guanidine groups is 1. The van der Waals surface area contributed by atoms with Gasteiger partial charge in [0.15, 0.2) is 5.96 Å². The van der Waals surface area contributed by atoms with Crippen LogP contribution in [0.3, 0.4) is 0 Å². The number of hydrogen-bond donors (Lipinski definition) is 2. The summed E-state index contributed by atoms with van der Waals surface area (Å²) < 4.78 is 5.52. The van der Waals surface area contributed by atoms with Crippen molar-refractivity contribution in [2.75, 3.05) is 38.2 Å². The van der Waals surface area contributed by atoms with E-state index in [1.807, 2.05) is 12.1 Å². The highest BCUT2D eigenvalue weighted by atomic mass is 16.5. The van der Waals surface area contributed by atoms with E-state index in [4.69, 9.17) is 10.5 Å². The fourth-order valence-corrected chi connectivity index (χ4v) is 3.44. The SMILES string of the molecule is CCc1cccc(NC(N)=NCC(c2cccc(C)c2)N2CCOCC2)c1. The molecule has 1 unspecified atom stereocenters. The van der Waals surface area contributed by atoms with Gasteiger partial charge in [-0.2, -0.15) is 0 Å². The van der Waals surface area contributed by atoms with Crippen molar-refractivity contribution < 1.29 is 4.74 Å². The fraction of sp³-hybridized carbons (Fsp3) is 0.409.